The molecule has 1 saturated heterocycles. The molecule has 0 saturated carbocycles. The molecular formula is C16H21N3O. The highest BCUT2D eigenvalue weighted by Gasteiger charge is 2.26. The molecule has 1 aliphatic heterocycles. The number of benzene rings is 1. The Hall–Kier alpha value is -1.86. The first-order valence-corrected chi connectivity index (χ1v) is 7.25. The van der Waals surface area contributed by atoms with Crippen molar-refractivity contribution in [2.75, 3.05) is 13.1 Å². The molecule has 1 aliphatic rings. The summed E-state index contributed by atoms with van der Waals surface area (Å²) in [5.41, 5.74) is 1.73. The van der Waals surface area contributed by atoms with Crippen molar-refractivity contribution >= 4 is 5.91 Å². The molecule has 0 bridgehead atoms. The van der Waals surface area contributed by atoms with Crippen LogP contribution in [0.3, 0.4) is 0 Å². The van der Waals surface area contributed by atoms with Crippen LogP contribution < -0.4 is 5.32 Å². The number of amides is 1. The van der Waals surface area contributed by atoms with Gasteiger partial charge in [-0.1, -0.05) is 19.1 Å². The highest BCUT2D eigenvalue weighted by molar-refractivity contribution is 5.82. The highest BCUT2D eigenvalue weighted by atomic mass is 16.2. The lowest BCUT2D eigenvalue weighted by atomic mass is 10.1. The van der Waals surface area contributed by atoms with E-state index in [0.717, 1.165) is 37.9 Å². The summed E-state index contributed by atoms with van der Waals surface area (Å²) in [7, 11) is 0. The first-order valence-electron chi connectivity index (χ1n) is 7.25. The molecule has 106 valence electrons. The number of carbonyl (C=O) groups is 1. The van der Waals surface area contributed by atoms with E-state index < -0.39 is 0 Å². The van der Waals surface area contributed by atoms with Crippen molar-refractivity contribution in [2.24, 2.45) is 0 Å². The van der Waals surface area contributed by atoms with Gasteiger partial charge in [0.1, 0.15) is 0 Å². The normalized spacial score (nSPS) is 17.7. The van der Waals surface area contributed by atoms with Gasteiger partial charge in [-0.25, -0.2) is 0 Å². The Balaban J connectivity index is 2.03. The first-order chi connectivity index (χ1) is 9.74. The van der Waals surface area contributed by atoms with E-state index in [0.29, 0.717) is 12.1 Å². The average molecular weight is 271 g/mol. The van der Waals surface area contributed by atoms with Gasteiger partial charge in [0.25, 0.3) is 0 Å². The van der Waals surface area contributed by atoms with E-state index in [1.54, 1.807) is 12.1 Å². The van der Waals surface area contributed by atoms with E-state index in [-0.39, 0.29) is 11.9 Å². The molecule has 1 atom stereocenters. The summed E-state index contributed by atoms with van der Waals surface area (Å²) in [6.07, 6.45) is 2.97. The van der Waals surface area contributed by atoms with E-state index in [1.807, 2.05) is 17.0 Å². The monoisotopic (exact) mass is 271 g/mol. The van der Waals surface area contributed by atoms with E-state index >= 15 is 0 Å². The van der Waals surface area contributed by atoms with Crippen LogP contribution in [-0.4, -0.2) is 29.9 Å². The lowest BCUT2D eigenvalue weighted by molar-refractivity contribution is -0.133. The van der Waals surface area contributed by atoms with Gasteiger partial charge in [0.2, 0.25) is 5.91 Å². The fourth-order valence-corrected chi connectivity index (χ4v) is 2.56. The van der Waals surface area contributed by atoms with E-state index in [4.69, 9.17) is 5.26 Å². The molecule has 0 radical (unpaired) electrons. The number of nitriles is 1. The van der Waals surface area contributed by atoms with Crippen molar-refractivity contribution in [1.29, 1.82) is 5.26 Å². The molecule has 20 heavy (non-hydrogen) atoms. The van der Waals surface area contributed by atoms with Gasteiger partial charge in [-0.05, 0) is 43.5 Å². The molecule has 0 aromatic heterocycles. The summed E-state index contributed by atoms with van der Waals surface area (Å²) in [4.78, 5) is 14.4. The standard InChI is InChI=1S/C16H21N3O/c1-2-10-19(16(20)15-4-3-9-18-15)12-14-7-5-13(11-17)6-8-14/h5-8,15,18H,2-4,9-10,12H2,1H3/t15-/m0/s1. The molecule has 0 unspecified atom stereocenters. The molecule has 1 heterocycles. The van der Waals surface area contributed by atoms with Crippen LogP contribution in [0.5, 0.6) is 0 Å². The van der Waals surface area contributed by atoms with E-state index in [1.165, 1.54) is 0 Å². The van der Waals surface area contributed by atoms with Crippen LogP contribution in [0.15, 0.2) is 24.3 Å². The molecule has 4 nitrogen and oxygen atoms in total. The van der Waals surface area contributed by atoms with Gasteiger partial charge in [0.05, 0.1) is 17.7 Å². The van der Waals surface area contributed by atoms with Gasteiger partial charge < -0.3 is 10.2 Å². The molecule has 0 aliphatic carbocycles. The van der Waals surface area contributed by atoms with Crippen molar-refractivity contribution < 1.29 is 4.79 Å². The Morgan fingerprint density at radius 1 is 1.45 bits per heavy atom. The minimum Gasteiger partial charge on any atom is -0.337 e. The third kappa shape index (κ3) is 3.58. The maximum Gasteiger partial charge on any atom is 0.240 e. The van der Waals surface area contributed by atoms with E-state index in [2.05, 4.69) is 18.3 Å². The van der Waals surface area contributed by atoms with Crippen LogP contribution in [0.25, 0.3) is 0 Å². The van der Waals surface area contributed by atoms with Crippen molar-refractivity contribution in [3.63, 3.8) is 0 Å². The maximum atomic E-state index is 12.5. The van der Waals surface area contributed by atoms with Crippen LogP contribution in [0, 0.1) is 11.3 Å². The number of hydrogen-bond acceptors (Lipinski definition) is 3. The fraction of sp³-hybridized carbons (Fsp3) is 0.500. The Morgan fingerprint density at radius 2 is 2.20 bits per heavy atom. The van der Waals surface area contributed by atoms with Crippen molar-refractivity contribution in [3.05, 3.63) is 35.4 Å². The van der Waals surface area contributed by atoms with Gasteiger partial charge in [0.15, 0.2) is 0 Å². The lowest BCUT2D eigenvalue weighted by Crippen LogP contribution is -2.43. The minimum absolute atomic E-state index is 0.0140. The smallest absolute Gasteiger partial charge is 0.240 e. The van der Waals surface area contributed by atoms with Crippen molar-refractivity contribution in [1.82, 2.24) is 10.2 Å². The van der Waals surface area contributed by atoms with Crippen LogP contribution in [0.4, 0.5) is 0 Å². The molecule has 0 spiro atoms. The van der Waals surface area contributed by atoms with Gasteiger partial charge in [-0.3, -0.25) is 4.79 Å². The van der Waals surface area contributed by atoms with Crippen LogP contribution in [-0.2, 0) is 11.3 Å². The first kappa shape index (κ1) is 14.5. The summed E-state index contributed by atoms with van der Waals surface area (Å²) >= 11 is 0. The zero-order valence-electron chi connectivity index (χ0n) is 11.9. The molecule has 1 amide bonds. The SMILES string of the molecule is CCCN(Cc1ccc(C#N)cc1)C(=O)[C@@H]1CCCN1. The molecular weight excluding hydrogens is 250 g/mol. The number of nitrogens with one attached hydrogen (secondary N) is 1. The molecule has 1 N–H and O–H groups in total. The second-order valence-electron chi connectivity index (χ2n) is 5.22. The second-order valence-corrected chi connectivity index (χ2v) is 5.22. The summed E-state index contributed by atoms with van der Waals surface area (Å²) in [6.45, 7) is 4.42. The predicted octanol–water partition coefficient (Wildman–Crippen LogP) is 2.05. The predicted molar refractivity (Wildman–Crippen MR) is 77.9 cm³/mol. The number of rotatable bonds is 5. The Morgan fingerprint density at radius 3 is 2.75 bits per heavy atom. The molecule has 1 aromatic rings. The molecule has 1 aromatic carbocycles. The van der Waals surface area contributed by atoms with Crippen LogP contribution in [0.2, 0.25) is 0 Å². The van der Waals surface area contributed by atoms with Crippen molar-refractivity contribution in [3.8, 4) is 6.07 Å². The Labute approximate surface area is 120 Å². The molecule has 1 fully saturated rings. The topological polar surface area (TPSA) is 56.1 Å². The average Bonchev–Trinajstić information content (AvgIpc) is 3.01. The number of hydrogen-bond donors (Lipinski definition) is 1. The highest BCUT2D eigenvalue weighted by Crippen LogP contribution is 2.13. The third-order valence-electron chi connectivity index (χ3n) is 3.62. The van der Waals surface area contributed by atoms with E-state index in [9.17, 15) is 4.79 Å². The number of carbonyl (C=O) groups excluding carboxylic acids is 1. The zero-order valence-corrected chi connectivity index (χ0v) is 11.9. The van der Waals surface area contributed by atoms with Gasteiger partial charge in [0, 0.05) is 13.1 Å². The van der Waals surface area contributed by atoms with Crippen LogP contribution in [0.1, 0.15) is 37.3 Å². The summed E-state index contributed by atoms with van der Waals surface area (Å²) in [6, 6.07) is 9.56. The molecule has 2 rings (SSSR count). The second kappa shape index (κ2) is 7.06. The summed E-state index contributed by atoms with van der Waals surface area (Å²) in [5.74, 6) is 0.203. The van der Waals surface area contributed by atoms with Gasteiger partial charge >= 0.3 is 0 Å². The van der Waals surface area contributed by atoms with Crippen LogP contribution >= 0.6 is 0 Å². The lowest BCUT2D eigenvalue weighted by Gasteiger charge is -2.25. The molecule has 4 heteroatoms. The zero-order chi connectivity index (χ0) is 14.4. The van der Waals surface area contributed by atoms with Crippen molar-refractivity contribution in [2.45, 2.75) is 38.8 Å². The maximum absolute atomic E-state index is 12.5. The summed E-state index contributed by atoms with van der Waals surface area (Å²) < 4.78 is 0. The third-order valence-corrected chi connectivity index (χ3v) is 3.62. The Bertz CT molecular complexity index is 483. The van der Waals surface area contributed by atoms with Gasteiger partial charge in [-0.15, -0.1) is 0 Å². The fourth-order valence-electron chi connectivity index (χ4n) is 2.56. The minimum atomic E-state index is -0.0140. The largest absolute Gasteiger partial charge is 0.337 e. The quantitative estimate of drug-likeness (QED) is 0.891. The Kier molecular flexibility index (Phi) is 5.14. The summed E-state index contributed by atoms with van der Waals surface area (Å²) in [5, 5.41) is 12.1. The van der Waals surface area contributed by atoms with Gasteiger partial charge in [-0.2, -0.15) is 5.26 Å². The number of nitrogens with zero attached hydrogens (tertiary/aromatic N) is 2.